The minimum absolute atomic E-state index is 0.250. The van der Waals surface area contributed by atoms with E-state index in [0.29, 0.717) is 17.4 Å². The number of hydrogen-bond donors (Lipinski definition) is 0. The van der Waals surface area contributed by atoms with Gasteiger partial charge in [-0.25, -0.2) is 22.2 Å². The average molecular weight is 516 g/mol. The SMILES string of the molecule is CCS(=O)(=O)c1cc(C2(C#N)CC2)cnc1-c1ncc([C@H](F)C(F)(C(F)(F)F)C(F)(F)F)n1C. The largest absolute Gasteiger partial charge is 0.434 e. The van der Waals surface area contributed by atoms with Gasteiger partial charge in [0.2, 0.25) is 0 Å². The molecule has 186 valence electrons. The van der Waals surface area contributed by atoms with Gasteiger partial charge in [0.1, 0.15) is 5.69 Å². The quantitative estimate of drug-likeness (QED) is 0.521. The van der Waals surface area contributed by atoms with Crippen LogP contribution in [0.3, 0.4) is 0 Å². The van der Waals surface area contributed by atoms with Crippen LogP contribution in [0.5, 0.6) is 0 Å². The Bertz CT molecular complexity index is 1240. The highest BCUT2D eigenvalue weighted by molar-refractivity contribution is 7.91. The lowest BCUT2D eigenvalue weighted by Crippen LogP contribution is -2.56. The molecule has 2 aromatic rings. The van der Waals surface area contributed by atoms with E-state index in [1.807, 2.05) is 6.07 Å². The Kier molecular flexibility index (Phi) is 6.00. The smallest absolute Gasteiger partial charge is 0.327 e. The Morgan fingerprint density at radius 3 is 2.12 bits per heavy atom. The molecular formula is C19H16F8N4O2S. The number of nitriles is 1. The first-order valence-electron chi connectivity index (χ1n) is 9.60. The molecule has 34 heavy (non-hydrogen) atoms. The van der Waals surface area contributed by atoms with Crippen LogP contribution in [0.2, 0.25) is 0 Å². The summed E-state index contributed by atoms with van der Waals surface area (Å²) < 4.78 is 132. The lowest BCUT2D eigenvalue weighted by Gasteiger charge is -2.32. The molecule has 0 aromatic carbocycles. The number of sulfone groups is 1. The van der Waals surface area contributed by atoms with Crippen LogP contribution in [0.15, 0.2) is 23.4 Å². The van der Waals surface area contributed by atoms with E-state index in [1.54, 1.807) is 0 Å². The summed E-state index contributed by atoms with van der Waals surface area (Å²) in [5.74, 6) is -1.08. The molecule has 1 aliphatic carbocycles. The van der Waals surface area contributed by atoms with E-state index in [4.69, 9.17) is 0 Å². The fourth-order valence-corrected chi connectivity index (χ4v) is 4.44. The summed E-state index contributed by atoms with van der Waals surface area (Å²) in [7, 11) is -3.30. The molecule has 6 nitrogen and oxygen atoms in total. The van der Waals surface area contributed by atoms with Crippen molar-refractivity contribution in [1.82, 2.24) is 14.5 Å². The Balaban J connectivity index is 2.19. The number of imidazole rings is 1. The summed E-state index contributed by atoms with van der Waals surface area (Å²) in [6.07, 6.45) is -15.3. The summed E-state index contributed by atoms with van der Waals surface area (Å²) in [4.78, 5) is 6.99. The van der Waals surface area contributed by atoms with Crippen LogP contribution in [0.1, 0.15) is 37.2 Å². The molecule has 0 unspecified atom stereocenters. The Labute approximate surface area is 188 Å². The molecule has 0 bridgehead atoms. The molecular weight excluding hydrogens is 500 g/mol. The van der Waals surface area contributed by atoms with Crippen LogP contribution >= 0.6 is 0 Å². The molecule has 1 aliphatic rings. The molecule has 1 saturated carbocycles. The normalized spacial score (nSPS) is 17.3. The standard InChI is InChI=1S/C19H16F8N4O2S/c1-3-34(32,33)12-6-10(16(9-28)4-5-16)7-29-13(12)15-30-8-11(31(15)2)14(20)17(21,18(22,23)24)19(25,26)27/h6-8,14H,3-5H2,1-2H3/t14-/m0/s1. The van der Waals surface area contributed by atoms with Crippen molar-refractivity contribution in [2.45, 2.75) is 54.3 Å². The summed E-state index contributed by atoms with van der Waals surface area (Å²) in [6, 6.07) is 3.17. The van der Waals surface area contributed by atoms with Crippen molar-refractivity contribution in [2.24, 2.45) is 7.05 Å². The van der Waals surface area contributed by atoms with Crippen LogP contribution in [-0.4, -0.2) is 46.7 Å². The molecule has 0 N–H and O–H groups in total. The maximum Gasteiger partial charge on any atom is 0.434 e. The third-order valence-electron chi connectivity index (χ3n) is 5.75. The number of halogens is 8. The molecule has 2 aromatic heterocycles. The van der Waals surface area contributed by atoms with Crippen LogP contribution in [0.4, 0.5) is 35.1 Å². The van der Waals surface area contributed by atoms with Crippen LogP contribution in [0, 0.1) is 11.3 Å². The predicted octanol–water partition coefficient (Wildman–Crippen LogP) is 4.67. The summed E-state index contributed by atoms with van der Waals surface area (Å²) in [5.41, 5.74) is -8.89. The lowest BCUT2D eigenvalue weighted by atomic mass is 9.96. The van der Waals surface area contributed by atoms with E-state index < -0.39 is 67.3 Å². The lowest BCUT2D eigenvalue weighted by molar-refractivity contribution is -0.359. The Hall–Kier alpha value is -2.76. The maximum absolute atomic E-state index is 14.6. The van der Waals surface area contributed by atoms with Crippen molar-refractivity contribution < 1.29 is 43.5 Å². The average Bonchev–Trinajstić information content (AvgIpc) is 3.46. The maximum atomic E-state index is 14.6. The highest BCUT2D eigenvalue weighted by Gasteiger charge is 2.77. The number of aromatic nitrogens is 3. The van der Waals surface area contributed by atoms with Crippen LogP contribution in [0.25, 0.3) is 11.5 Å². The third-order valence-corrected chi connectivity index (χ3v) is 7.50. The van der Waals surface area contributed by atoms with Gasteiger partial charge in [-0.05, 0) is 24.5 Å². The number of rotatable bonds is 6. The zero-order valence-electron chi connectivity index (χ0n) is 17.5. The fourth-order valence-electron chi connectivity index (χ4n) is 3.39. The Morgan fingerprint density at radius 2 is 1.68 bits per heavy atom. The van der Waals surface area contributed by atoms with Gasteiger partial charge in [-0.1, -0.05) is 6.92 Å². The van der Waals surface area contributed by atoms with Gasteiger partial charge in [-0.3, -0.25) is 4.98 Å². The third kappa shape index (κ3) is 3.81. The number of pyridine rings is 1. The molecule has 0 radical (unpaired) electrons. The molecule has 0 saturated heterocycles. The highest BCUT2D eigenvalue weighted by atomic mass is 32.2. The van der Waals surface area contributed by atoms with E-state index in [-0.39, 0.29) is 11.8 Å². The van der Waals surface area contributed by atoms with Gasteiger partial charge in [0, 0.05) is 13.2 Å². The van der Waals surface area contributed by atoms with E-state index in [1.165, 1.54) is 6.92 Å². The van der Waals surface area contributed by atoms with Gasteiger partial charge < -0.3 is 4.57 Å². The van der Waals surface area contributed by atoms with Gasteiger partial charge >= 0.3 is 18.0 Å². The predicted molar refractivity (Wildman–Crippen MR) is 100 cm³/mol. The van der Waals surface area contributed by atoms with E-state index in [9.17, 15) is 48.8 Å². The molecule has 0 spiro atoms. The number of hydrogen-bond acceptors (Lipinski definition) is 5. The zero-order chi connectivity index (χ0) is 25.9. The van der Waals surface area contributed by atoms with Gasteiger partial charge in [0.25, 0.3) is 0 Å². The molecule has 3 rings (SSSR count). The fraction of sp³-hybridized carbons (Fsp3) is 0.526. The van der Waals surface area contributed by atoms with Crippen molar-refractivity contribution in [3.8, 4) is 17.6 Å². The first kappa shape index (κ1) is 25.9. The zero-order valence-corrected chi connectivity index (χ0v) is 18.3. The second kappa shape index (κ2) is 7.89. The minimum atomic E-state index is -6.65. The highest BCUT2D eigenvalue weighted by Crippen LogP contribution is 2.55. The van der Waals surface area contributed by atoms with Gasteiger partial charge in [-0.15, -0.1) is 0 Å². The second-order valence-electron chi connectivity index (χ2n) is 7.80. The van der Waals surface area contributed by atoms with Crippen molar-refractivity contribution in [2.75, 3.05) is 5.75 Å². The Morgan fingerprint density at radius 1 is 1.12 bits per heavy atom. The summed E-state index contributed by atoms with van der Waals surface area (Å²) in [5, 5.41) is 9.36. The van der Waals surface area contributed by atoms with Crippen molar-refractivity contribution >= 4 is 9.84 Å². The van der Waals surface area contributed by atoms with Gasteiger partial charge in [0.05, 0.1) is 34.0 Å². The number of nitrogens with zero attached hydrogens (tertiary/aromatic N) is 4. The molecule has 0 amide bonds. The first-order chi connectivity index (χ1) is 15.5. The molecule has 1 fully saturated rings. The van der Waals surface area contributed by atoms with Crippen molar-refractivity contribution in [1.29, 1.82) is 5.26 Å². The van der Waals surface area contributed by atoms with Crippen molar-refractivity contribution in [3.63, 3.8) is 0 Å². The van der Waals surface area contributed by atoms with E-state index >= 15 is 0 Å². The molecule has 1 atom stereocenters. The monoisotopic (exact) mass is 516 g/mol. The number of alkyl halides is 8. The van der Waals surface area contributed by atoms with Gasteiger partial charge in [0.15, 0.2) is 21.8 Å². The van der Waals surface area contributed by atoms with E-state index in [2.05, 4.69) is 9.97 Å². The molecule has 2 heterocycles. The first-order valence-corrected chi connectivity index (χ1v) is 11.2. The second-order valence-corrected chi connectivity index (χ2v) is 10.1. The molecule has 0 aliphatic heterocycles. The summed E-state index contributed by atoms with van der Waals surface area (Å²) >= 11 is 0. The van der Waals surface area contributed by atoms with Gasteiger partial charge in [-0.2, -0.15) is 31.6 Å². The molecule has 15 heteroatoms. The topological polar surface area (TPSA) is 88.6 Å². The van der Waals surface area contributed by atoms with E-state index in [0.717, 1.165) is 19.3 Å². The van der Waals surface area contributed by atoms with Crippen LogP contribution < -0.4 is 0 Å². The van der Waals surface area contributed by atoms with Crippen LogP contribution in [-0.2, 0) is 22.3 Å². The summed E-state index contributed by atoms with van der Waals surface area (Å²) in [6.45, 7) is 1.27. The minimum Gasteiger partial charge on any atom is -0.327 e. The van der Waals surface area contributed by atoms with Crippen molar-refractivity contribution in [3.05, 3.63) is 29.7 Å².